The van der Waals surface area contributed by atoms with E-state index in [2.05, 4.69) is 45.2 Å². The van der Waals surface area contributed by atoms with E-state index in [1.807, 2.05) is 60.7 Å². The minimum Gasteiger partial charge on any atom is -0.467 e. The highest BCUT2D eigenvalue weighted by Gasteiger charge is 2.26. The zero-order valence-electron chi connectivity index (χ0n) is 36.5. The van der Waals surface area contributed by atoms with Gasteiger partial charge in [-0.25, -0.2) is 37.0 Å². The third-order valence-electron chi connectivity index (χ3n) is 10.4. The van der Waals surface area contributed by atoms with Gasteiger partial charge in [-0.3, -0.25) is 23.9 Å². The molecule has 1 N–H and O–H groups in total. The van der Waals surface area contributed by atoms with Crippen LogP contribution in [-0.2, 0) is 33.4 Å². The van der Waals surface area contributed by atoms with Crippen molar-refractivity contribution in [3.8, 4) is 45.9 Å². The molecule has 9 aromatic rings. The highest BCUT2D eigenvalue weighted by atomic mass is 19.1. The van der Waals surface area contributed by atoms with Crippen molar-refractivity contribution >= 4 is 22.9 Å². The minimum atomic E-state index is -0.750. The Kier molecular flexibility index (Phi) is 13.2. The molecule has 0 atom stereocenters. The van der Waals surface area contributed by atoms with Crippen LogP contribution in [0, 0.1) is 28.7 Å². The normalized spacial score (nSPS) is 11.0. The first-order valence-corrected chi connectivity index (χ1v) is 20.4. The van der Waals surface area contributed by atoms with E-state index in [1.165, 1.54) is 72.9 Å². The van der Waals surface area contributed by atoms with Crippen molar-refractivity contribution in [2.45, 2.75) is 19.3 Å². The molecular weight excluding hydrogens is 887 g/mol. The number of pyridine rings is 2. The lowest BCUT2D eigenvalue weighted by Gasteiger charge is -2.09. The molecule has 9 rings (SSSR count). The molecule has 0 spiro atoms. The number of hydrogen-bond donors (Lipinski definition) is 1. The van der Waals surface area contributed by atoms with Crippen molar-refractivity contribution in [2.75, 3.05) is 14.2 Å². The van der Waals surface area contributed by atoms with Gasteiger partial charge in [0.1, 0.15) is 34.4 Å². The van der Waals surface area contributed by atoms with Gasteiger partial charge in [-0.2, -0.15) is 20.2 Å². The Morgan fingerprint density at radius 2 is 1.13 bits per heavy atom. The molecule has 0 fully saturated rings. The fourth-order valence-electron chi connectivity index (χ4n) is 7.15. The van der Waals surface area contributed by atoms with Crippen LogP contribution in [0.15, 0.2) is 110 Å². The number of hydrogen-bond acceptors (Lipinski definition) is 14. The van der Waals surface area contributed by atoms with Crippen molar-refractivity contribution in [1.82, 2.24) is 59.1 Å². The third-order valence-corrected chi connectivity index (χ3v) is 10.4. The Hall–Kier alpha value is -8.88. The van der Waals surface area contributed by atoms with E-state index < -0.39 is 34.8 Å². The number of carbonyl (C=O) groups excluding carboxylic acids is 2. The Bertz CT molecular complexity index is 3340. The summed E-state index contributed by atoms with van der Waals surface area (Å²) in [5.74, 6) is -3.29. The highest BCUT2D eigenvalue weighted by molar-refractivity contribution is 6.02. The standard InChI is InChI=1S/C24H20F2N6O2.C23H17F2N7O2/c1-32-23(17(11-30-32)22-19(26)13-29-24(31-22)34-2)21(33)9-15-8-16(28-12-18(15)25)10-20(27)14-6-4-3-5-7-14;1-31-21(15(10-27-31)20-16(24)11-26-23(29-20)34-2)18(33)8-14-9-19-28-22(13-6-4-3-5-7-13)30-32(19)12-17(14)25/h3-8,11-13,27H,9-10H2,1-2H3;3-7,9-12H,8H2,1-2H3. The number of fused-ring (bicyclic) bond motifs is 1. The first kappa shape index (κ1) is 45.7. The molecular formula is C47H37F4N13O4. The lowest BCUT2D eigenvalue weighted by atomic mass is 10.0. The first-order chi connectivity index (χ1) is 32.8. The topological polar surface area (TPSA) is 207 Å². The average Bonchev–Trinajstić information content (AvgIpc) is 4.07. The van der Waals surface area contributed by atoms with Gasteiger partial charge in [0.2, 0.25) is 0 Å². The first-order valence-electron chi connectivity index (χ1n) is 20.4. The van der Waals surface area contributed by atoms with Crippen molar-refractivity contribution in [1.29, 1.82) is 5.41 Å². The number of aryl methyl sites for hydroxylation is 2. The number of halogens is 4. The average molecular weight is 924 g/mol. The molecule has 2 aromatic carbocycles. The predicted octanol–water partition coefficient (Wildman–Crippen LogP) is 6.89. The zero-order valence-corrected chi connectivity index (χ0v) is 36.5. The lowest BCUT2D eigenvalue weighted by Crippen LogP contribution is -2.13. The number of aromatic nitrogens is 12. The molecule has 0 unspecified atom stereocenters. The number of rotatable bonds is 14. The number of carbonyl (C=O) groups is 2. The van der Waals surface area contributed by atoms with E-state index in [-0.39, 0.29) is 76.3 Å². The fraction of sp³-hybridized carbons (Fsp3) is 0.149. The number of benzene rings is 2. The number of Topliss-reactive ketones (excluding diaryl/α,β-unsaturated/α-hetero) is 2. The van der Waals surface area contributed by atoms with Crippen LogP contribution in [-0.4, -0.2) is 90.6 Å². The molecule has 7 heterocycles. The number of nitrogens with one attached hydrogen (secondary N) is 1. The molecule has 0 saturated carbocycles. The van der Waals surface area contributed by atoms with Crippen LogP contribution < -0.4 is 9.47 Å². The third kappa shape index (κ3) is 9.71. The number of methoxy groups -OCH3 is 2. The summed E-state index contributed by atoms with van der Waals surface area (Å²) in [6.07, 6.45) is 6.31. The molecule has 0 aliphatic rings. The number of nitrogens with zero attached hydrogens (tertiary/aromatic N) is 12. The van der Waals surface area contributed by atoms with Gasteiger partial charge in [0, 0.05) is 55.9 Å². The fourth-order valence-corrected chi connectivity index (χ4v) is 7.15. The summed E-state index contributed by atoms with van der Waals surface area (Å²) in [5.41, 5.74) is 3.07. The van der Waals surface area contributed by atoms with Crippen molar-refractivity contribution in [3.05, 3.63) is 167 Å². The number of ketones is 2. The summed E-state index contributed by atoms with van der Waals surface area (Å²) in [6.45, 7) is 0. The Morgan fingerprint density at radius 3 is 1.68 bits per heavy atom. The van der Waals surface area contributed by atoms with Crippen LogP contribution in [0.2, 0.25) is 0 Å². The molecule has 0 bridgehead atoms. The van der Waals surface area contributed by atoms with Gasteiger partial charge in [0.15, 0.2) is 34.7 Å². The van der Waals surface area contributed by atoms with Gasteiger partial charge in [-0.05, 0) is 23.3 Å². The van der Waals surface area contributed by atoms with Gasteiger partial charge in [-0.15, -0.1) is 5.10 Å². The zero-order chi connectivity index (χ0) is 48.1. The predicted molar refractivity (Wildman–Crippen MR) is 237 cm³/mol. The van der Waals surface area contributed by atoms with Crippen LogP contribution in [0.5, 0.6) is 12.0 Å². The van der Waals surface area contributed by atoms with E-state index in [0.717, 1.165) is 29.7 Å². The van der Waals surface area contributed by atoms with Gasteiger partial charge in [-0.1, -0.05) is 60.7 Å². The van der Waals surface area contributed by atoms with E-state index in [1.54, 1.807) is 0 Å². The molecule has 0 amide bonds. The molecule has 17 nitrogen and oxygen atoms in total. The second-order valence-electron chi connectivity index (χ2n) is 14.9. The summed E-state index contributed by atoms with van der Waals surface area (Å²) in [4.78, 5) is 50.3. The smallest absolute Gasteiger partial charge is 0.316 e. The maximum absolute atomic E-state index is 14.9. The van der Waals surface area contributed by atoms with Crippen LogP contribution in [0.1, 0.15) is 43.4 Å². The summed E-state index contributed by atoms with van der Waals surface area (Å²) in [6, 6.07) is 21.2. The van der Waals surface area contributed by atoms with Gasteiger partial charge in [0.05, 0.1) is 62.5 Å². The van der Waals surface area contributed by atoms with Crippen molar-refractivity contribution in [2.24, 2.45) is 14.1 Å². The largest absolute Gasteiger partial charge is 0.467 e. The molecule has 0 aliphatic heterocycles. The van der Waals surface area contributed by atoms with Gasteiger partial charge < -0.3 is 14.9 Å². The van der Waals surface area contributed by atoms with Crippen LogP contribution >= 0.6 is 0 Å². The van der Waals surface area contributed by atoms with Crippen LogP contribution in [0.3, 0.4) is 0 Å². The maximum Gasteiger partial charge on any atom is 0.316 e. The molecule has 0 radical (unpaired) electrons. The van der Waals surface area contributed by atoms with E-state index in [9.17, 15) is 27.2 Å². The lowest BCUT2D eigenvalue weighted by molar-refractivity contribution is 0.0975. The molecule has 0 saturated heterocycles. The molecule has 0 aliphatic carbocycles. The Morgan fingerprint density at radius 1 is 0.618 bits per heavy atom. The quantitative estimate of drug-likeness (QED) is 0.0671. The molecule has 342 valence electrons. The molecule has 68 heavy (non-hydrogen) atoms. The second kappa shape index (κ2) is 19.7. The van der Waals surface area contributed by atoms with Crippen molar-refractivity contribution < 1.29 is 36.6 Å². The maximum atomic E-state index is 14.9. The van der Waals surface area contributed by atoms with E-state index in [0.29, 0.717) is 22.9 Å². The Labute approximate surface area is 383 Å². The van der Waals surface area contributed by atoms with Crippen molar-refractivity contribution in [3.63, 3.8) is 0 Å². The van der Waals surface area contributed by atoms with Gasteiger partial charge >= 0.3 is 12.0 Å². The minimum absolute atomic E-state index is 0.0591. The van der Waals surface area contributed by atoms with E-state index >= 15 is 0 Å². The molecule has 7 aromatic heterocycles. The summed E-state index contributed by atoms with van der Waals surface area (Å²) in [5, 5.41) is 20.7. The van der Waals surface area contributed by atoms with E-state index in [4.69, 9.17) is 14.9 Å². The number of ether oxygens (including phenoxy) is 2. The molecule has 21 heteroatoms. The highest BCUT2D eigenvalue weighted by Crippen LogP contribution is 2.29. The SMILES string of the molecule is COc1ncc(F)c(-c2cnn(C)c2C(=O)Cc2cc(CC(=N)c3ccccc3)ncc2F)n1.COc1ncc(F)c(-c2cnn(C)c2C(=O)Cc2cc3nc(-c4ccccc4)nn3cc2F)n1. The van der Waals surface area contributed by atoms with Gasteiger partial charge in [0.25, 0.3) is 0 Å². The second-order valence-corrected chi connectivity index (χ2v) is 14.9. The Balaban J connectivity index is 0.000000184. The summed E-state index contributed by atoms with van der Waals surface area (Å²) < 4.78 is 72.1. The van der Waals surface area contributed by atoms with Crippen LogP contribution in [0.4, 0.5) is 17.6 Å². The van der Waals surface area contributed by atoms with Crippen LogP contribution in [0.25, 0.3) is 39.5 Å². The summed E-state index contributed by atoms with van der Waals surface area (Å²) >= 11 is 0. The summed E-state index contributed by atoms with van der Waals surface area (Å²) in [7, 11) is 5.76. The monoisotopic (exact) mass is 923 g/mol.